The molecule has 2 fully saturated rings. The summed E-state index contributed by atoms with van der Waals surface area (Å²) >= 11 is 0. The van der Waals surface area contributed by atoms with Gasteiger partial charge in [-0.2, -0.15) is 0 Å². The van der Waals surface area contributed by atoms with E-state index in [-0.39, 0.29) is 17.3 Å². The van der Waals surface area contributed by atoms with Gasteiger partial charge in [0.1, 0.15) is 0 Å². The molecule has 0 saturated carbocycles. The number of aryl methyl sites for hydroxylation is 1. The largest absolute Gasteiger partial charge is 0.504 e. The van der Waals surface area contributed by atoms with Crippen molar-refractivity contribution in [2.45, 2.75) is 44.1 Å². The number of amides is 1. The molecule has 1 aromatic carbocycles. The van der Waals surface area contributed by atoms with Crippen molar-refractivity contribution in [3.63, 3.8) is 0 Å². The minimum absolute atomic E-state index is 0.0771. The van der Waals surface area contributed by atoms with Crippen LogP contribution in [0.5, 0.6) is 11.5 Å². The zero-order valence-corrected chi connectivity index (χ0v) is 13.7. The van der Waals surface area contributed by atoms with Crippen LogP contribution >= 0.6 is 0 Å². The summed E-state index contributed by atoms with van der Waals surface area (Å²) < 4.78 is 11.0. The van der Waals surface area contributed by atoms with Gasteiger partial charge in [0.25, 0.3) is 0 Å². The second-order valence-corrected chi connectivity index (χ2v) is 6.56. The highest BCUT2D eigenvalue weighted by Crippen LogP contribution is 2.34. The number of likely N-dealkylation sites (tertiary alicyclic amines) is 1. The van der Waals surface area contributed by atoms with Gasteiger partial charge in [0.2, 0.25) is 5.91 Å². The lowest BCUT2D eigenvalue weighted by atomic mass is 9.93. The molecule has 126 valence electrons. The molecule has 5 heteroatoms. The zero-order valence-electron chi connectivity index (χ0n) is 13.7. The number of ether oxygens (including phenoxy) is 2. The van der Waals surface area contributed by atoms with E-state index >= 15 is 0 Å². The van der Waals surface area contributed by atoms with Crippen molar-refractivity contribution in [1.29, 1.82) is 0 Å². The third-order valence-corrected chi connectivity index (χ3v) is 4.97. The lowest BCUT2D eigenvalue weighted by Crippen LogP contribution is -2.40. The van der Waals surface area contributed by atoms with Crippen LogP contribution in [-0.2, 0) is 16.0 Å². The Morgan fingerprint density at radius 1 is 1.39 bits per heavy atom. The number of hydrogen-bond donors (Lipinski definition) is 1. The van der Waals surface area contributed by atoms with E-state index < -0.39 is 0 Å². The number of phenolic OH excluding ortho intramolecular Hbond substituents is 1. The van der Waals surface area contributed by atoms with Gasteiger partial charge in [0.15, 0.2) is 11.5 Å². The first-order valence-electron chi connectivity index (χ1n) is 8.39. The van der Waals surface area contributed by atoms with Crippen molar-refractivity contribution in [1.82, 2.24) is 4.90 Å². The predicted octanol–water partition coefficient (Wildman–Crippen LogP) is 2.51. The van der Waals surface area contributed by atoms with Gasteiger partial charge < -0.3 is 19.5 Å². The first-order valence-corrected chi connectivity index (χ1v) is 8.39. The molecule has 1 spiro atoms. The Kier molecular flexibility index (Phi) is 4.76. The van der Waals surface area contributed by atoms with Crippen LogP contribution in [0, 0.1) is 0 Å². The topological polar surface area (TPSA) is 59.0 Å². The van der Waals surface area contributed by atoms with Crippen LogP contribution < -0.4 is 4.74 Å². The van der Waals surface area contributed by atoms with E-state index in [1.165, 1.54) is 13.5 Å². The third kappa shape index (κ3) is 3.61. The van der Waals surface area contributed by atoms with Gasteiger partial charge >= 0.3 is 0 Å². The van der Waals surface area contributed by atoms with Gasteiger partial charge in [-0.1, -0.05) is 6.07 Å². The van der Waals surface area contributed by atoms with Crippen molar-refractivity contribution in [3.05, 3.63) is 23.8 Å². The molecule has 23 heavy (non-hydrogen) atoms. The maximum atomic E-state index is 12.4. The van der Waals surface area contributed by atoms with Crippen molar-refractivity contribution >= 4 is 5.91 Å². The number of carbonyl (C=O) groups is 1. The number of methoxy groups -OCH3 is 1. The standard InChI is InChI=1S/C18H25NO4/c1-22-16-6-4-14(12-15(16)20)5-7-17(21)19-10-9-18(13-19)8-2-3-11-23-18/h4,6,12,20H,2-3,5,7-11,13H2,1H3. The Labute approximate surface area is 137 Å². The first-order chi connectivity index (χ1) is 11.1. The molecule has 2 aliphatic heterocycles. The van der Waals surface area contributed by atoms with E-state index in [2.05, 4.69) is 0 Å². The van der Waals surface area contributed by atoms with Gasteiger partial charge in [-0.15, -0.1) is 0 Å². The Morgan fingerprint density at radius 2 is 2.26 bits per heavy atom. The molecule has 0 aromatic heterocycles. The van der Waals surface area contributed by atoms with Crippen molar-refractivity contribution in [2.24, 2.45) is 0 Å². The second-order valence-electron chi connectivity index (χ2n) is 6.56. The number of aromatic hydroxyl groups is 1. The molecule has 1 amide bonds. The summed E-state index contributed by atoms with van der Waals surface area (Å²) in [4.78, 5) is 14.4. The summed E-state index contributed by atoms with van der Waals surface area (Å²) in [6.07, 6.45) is 5.46. The molecule has 0 radical (unpaired) electrons. The number of benzene rings is 1. The molecule has 2 aliphatic rings. The van der Waals surface area contributed by atoms with Crippen LogP contribution in [0.3, 0.4) is 0 Å². The molecule has 1 unspecified atom stereocenters. The molecule has 1 atom stereocenters. The highest BCUT2D eigenvalue weighted by Gasteiger charge is 2.41. The summed E-state index contributed by atoms with van der Waals surface area (Å²) in [5.74, 6) is 0.746. The summed E-state index contributed by atoms with van der Waals surface area (Å²) in [6.45, 7) is 2.36. The summed E-state index contributed by atoms with van der Waals surface area (Å²) in [5.41, 5.74) is 0.867. The van der Waals surface area contributed by atoms with E-state index in [0.717, 1.165) is 44.5 Å². The fourth-order valence-corrected chi connectivity index (χ4v) is 3.59. The minimum atomic E-state index is -0.0771. The number of phenols is 1. The van der Waals surface area contributed by atoms with Gasteiger partial charge in [-0.3, -0.25) is 4.79 Å². The summed E-state index contributed by atoms with van der Waals surface area (Å²) in [6, 6.07) is 5.29. The number of nitrogens with zero attached hydrogens (tertiary/aromatic N) is 1. The summed E-state index contributed by atoms with van der Waals surface area (Å²) in [5, 5.41) is 9.80. The van der Waals surface area contributed by atoms with Gasteiger partial charge in [0, 0.05) is 26.1 Å². The molecule has 2 heterocycles. The van der Waals surface area contributed by atoms with Gasteiger partial charge in [-0.25, -0.2) is 0 Å². The van der Waals surface area contributed by atoms with Crippen molar-refractivity contribution in [2.75, 3.05) is 26.8 Å². The minimum Gasteiger partial charge on any atom is -0.504 e. The average Bonchev–Trinajstić information content (AvgIpc) is 2.97. The van der Waals surface area contributed by atoms with Crippen LogP contribution in [0.1, 0.15) is 37.7 Å². The molecule has 1 N–H and O–H groups in total. The molecular weight excluding hydrogens is 294 g/mol. The van der Waals surface area contributed by atoms with Crippen molar-refractivity contribution < 1.29 is 19.4 Å². The number of hydrogen-bond acceptors (Lipinski definition) is 4. The van der Waals surface area contributed by atoms with E-state index in [1.807, 2.05) is 11.0 Å². The number of rotatable bonds is 4. The summed E-state index contributed by atoms with van der Waals surface area (Å²) in [7, 11) is 1.52. The van der Waals surface area contributed by atoms with Crippen LogP contribution in [-0.4, -0.2) is 48.3 Å². The fraction of sp³-hybridized carbons (Fsp3) is 0.611. The van der Waals surface area contributed by atoms with Gasteiger partial charge in [-0.05, 0) is 49.8 Å². The quantitative estimate of drug-likeness (QED) is 0.926. The van der Waals surface area contributed by atoms with Crippen molar-refractivity contribution in [3.8, 4) is 11.5 Å². The highest BCUT2D eigenvalue weighted by atomic mass is 16.5. The van der Waals surface area contributed by atoms with E-state index in [9.17, 15) is 9.90 Å². The lowest BCUT2D eigenvalue weighted by molar-refractivity contribution is -0.132. The van der Waals surface area contributed by atoms with Crippen LogP contribution in [0.2, 0.25) is 0 Å². The van der Waals surface area contributed by atoms with Crippen LogP contribution in [0.15, 0.2) is 18.2 Å². The molecule has 5 nitrogen and oxygen atoms in total. The second kappa shape index (κ2) is 6.79. The van der Waals surface area contributed by atoms with E-state index in [4.69, 9.17) is 9.47 Å². The van der Waals surface area contributed by atoms with E-state index in [1.54, 1.807) is 12.1 Å². The van der Waals surface area contributed by atoms with Gasteiger partial charge in [0.05, 0.1) is 12.7 Å². The monoisotopic (exact) mass is 319 g/mol. The normalized spacial score (nSPS) is 24.1. The Bertz CT molecular complexity index is 566. The molecule has 1 aromatic rings. The Morgan fingerprint density at radius 3 is 2.96 bits per heavy atom. The predicted molar refractivity (Wildman–Crippen MR) is 86.7 cm³/mol. The number of carbonyl (C=O) groups excluding carboxylic acids is 1. The van der Waals surface area contributed by atoms with E-state index in [0.29, 0.717) is 18.6 Å². The molecule has 2 saturated heterocycles. The SMILES string of the molecule is COc1ccc(CCC(=O)N2CCC3(CCCCO3)C2)cc1O. The molecule has 3 rings (SSSR count). The molecular formula is C18H25NO4. The average molecular weight is 319 g/mol. The molecule has 0 bridgehead atoms. The molecule has 0 aliphatic carbocycles. The smallest absolute Gasteiger partial charge is 0.223 e. The highest BCUT2D eigenvalue weighted by molar-refractivity contribution is 5.77. The fourth-order valence-electron chi connectivity index (χ4n) is 3.59. The van der Waals surface area contributed by atoms with Crippen LogP contribution in [0.4, 0.5) is 0 Å². The Hall–Kier alpha value is -1.75. The zero-order chi connectivity index (χ0) is 16.3. The first kappa shape index (κ1) is 16.1. The van der Waals surface area contributed by atoms with Crippen LogP contribution in [0.25, 0.3) is 0 Å². The maximum Gasteiger partial charge on any atom is 0.223 e. The maximum absolute atomic E-state index is 12.4. The lowest BCUT2D eigenvalue weighted by Gasteiger charge is -2.33. The third-order valence-electron chi connectivity index (χ3n) is 4.97. The Balaban J connectivity index is 1.53.